The van der Waals surface area contributed by atoms with Gasteiger partial charge in [-0.2, -0.15) is 0 Å². The topological polar surface area (TPSA) is 6.48 Å². The summed E-state index contributed by atoms with van der Waals surface area (Å²) in [6, 6.07) is 6.83. The van der Waals surface area contributed by atoms with Gasteiger partial charge in [-0.25, -0.2) is 0 Å². The SMILES string of the molecule is CCN(c1ccc(CCl)cc1Br)C(C)CN(C)C. The van der Waals surface area contributed by atoms with Crippen LogP contribution in [0, 0.1) is 0 Å². The summed E-state index contributed by atoms with van der Waals surface area (Å²) in [6.07, 6.45) is 0. The Kier molecular flexibility index (Phi) is 6.47. The smallest absolute Gasteiger partial charge is 0.0513 e. The minimum atomic E-state index is 0.475. The summed E-state index contributed by atoms with van der Waals surface area (Å²) >= 11 is 9.50. The molecule has 18 heavy (non-hydrogen) atoms. The molecule has 4 heteroatoms. The van der Waals surface area contributed by atoms with Gasteiger partial charge < -0.3 is 9.80 Å². The molecule has 0 saturated heterocycles. The first kappa shape index (κ1) is 15.8. The summed E-state index contributed by atoms with van der Waals surface area (Å²) in [6.45, 7) is 6.48. The molecule has 1 atom stereocenters. The van der Waals surface area contributed by atoms with E-state index in [0.717, 1.165) is 23.1 Å². The lowest BCUT2D eigenvalue weighted by atomic mass is 10.1. The van der Waals surface area contributed by atoms with Crippen LogP contribution in [0.5, 0.6) is 0 Å². The molecule has 0 aliphatic rings. The maximum atomic E-state index is 5.85. The molecule has 0 spiro atoms. The summed E-state index contributed by atoms with van der Waals surface area (Å²) < 4.78 is 1.12. The highest BCUT2D eigenvalue weighted by Crippen LogP contribution is 2.29. The van der Waals surface area contributed by atoms with E-state index in [1.165, 1.54) is 5.69 Å². The molecule has 0 fully saturated rings. The largest absolute Gasteiger partial charge is 0.367 e. The van der Waals surface area contributed by atoms with E-state index < -0.39 is 0 Å². The lowest BCUT2D eigenvalue weighted by molar-refractivity contribution is 0.373. The fourth-order valence-corrected chi connectivity index (χ4v) is 3.03. The van der Waals surface area contributed by atoms with E-state index in [4.69, 9.17) is 11.6 Å². The standard InChI is InChI=1S/C14H22BrClN2/c1-5-18(11(2)10-17(3)4)14-7-6-12(9-16)8-13(14)15/h6-8,11H,5,9-10H2,1-4H3. The van der Waals surface area contributed by atoms with Crippen LogP contribution in [-0.4, -0.2) is 38.1 Å². The molecule has 1 unspecified atom stereocenters. The number of nitrogens with zero attached hydrogens (tertiary/aromatic N) is 2. The van der Waals surface area contributed by atoms with Gasteiger partial charge in [0.2, 0.25) is 0 Å². The highest BCUT2D eigenvalue weighted by molar-refractivity contribution is 9.10. The quantitative estimate of drug-likeness (QED) is 0.727. The second-order valence-corrected chi connectivity index (χ2v) is 5.94. The van der Waals surface area contributed by atoms with Crippen molar-refractivity contribution in [3.05, 3.63) is 28.2 Å². The molecule has 0 heterocycles. The van der Waals surface area contributed by atoms with E-state index in [-0.39, 0.29) is 0 Å². The monoisotopic (exact) mass is 332 g/mol. The Morgan fingerprint density at radius 3 is 2.44 bits per heavy atom. The van der Waals surface area contributed by atoms with Gasteiger partial charge in [0.05, 0.1) is 5.69 Å². The Morgan fingerprint density at radius 2 is 2.00 bits per heavy atom. The molecule has 0 N–H and O–H groups in total. The molecule has 0 amide bonds. The number of anilines is 1. The average Bonchev–Trinajstić information content (AvgIpc) is 2.31. The summed E-state index contributed by atoms with van der Waals surface area (Å²) in [5.41, 5.74) is 2.38. The van der Waals surface area contributed by atoms with E-state index >= 15 is 0 Å². The van der Waals surface area contributed by atoms with Crippen molar-refractivity contribution < 1.29 is 0 Å². The van der Waals surface area contributed by atoms with Crippen molar-refractivity contribution in [2.45, 2.75) is 25.8 Å². The number of halogens is 2. The minimum Gasteiger partial charge on any atom is -0.367 e. The third-order valence-electron chi connectivity index (χ3n) is 2.98. The second kappa shape index (κ2) is 7.37. The zero-order valence-electron chi connectivity index (χ0n) is 11.6. The van der Waals surface area contributed by atoms with Crippen LogP contribution in [0.4, 0.5) is 5.69 Å². The van der Waals surface area contributed by atoms with E-state index in [9.17, 15) is 0 Å². The molecule has 1 aromatic carbocycles. The number of hydrogen-bond donors (Lipinski definition) is 0. The number of likely N-dealkylation sites (N-methyl/N-ethyl adjacent to an activating group) is 2. The maximum Gasteiger partial charge on any atom is 0.0513 e. The van der Waals surface area contributed by atoms with Crippen molar-refractivity contribution in [3.8, 4) is 0 Å². The molecule has 102 valence electrons. The lowest BCUT2D eigenvalue weighted by Crippen LogP contribution is -2.40. The van der Waals surface area contributed by atoms with Crippen molar-refractivity contribution in [3.63, 3.8) is 0 Å². The van der Waals surface area contributed by atoms with Crippen LogP contribution in [0.1, 0.15) is 19.4 Å². The third-order valence-corrected chi connectivity index (χ3v) is 3.92. The van der Waals surface area contributed by atoms with Crippen LogP contribution in [0.3, 0.4) is 0 Å². The van der Waals surface area contributed by atoms with Gasteiger partial charge in [0.1, 0.15) is 0 Å². The predicted octanol–water partition coefficient (Wildman–Crippen LogP) is 3.96. The van der Waals surface area contributed by atoms with Crippen LogP contribution in [0.25, 0.3) is 0 Å². The Morgan fingerprint density at radius 1 is 1.33 bits per heavy atom. The van der Waals surface area contributed by atoms with E-state index in [1.54, 1.807) is 0 Å². The normalized spacial score (nSPS) is 12.8. The molecule has 0 bridgehead atoms. The van der Waals surface area contributed by atoms with Crippen LogP contribution >= 0.6 is 27.5 Å². The zero-order valence-corrected chi connectivity index (χ0v) is 13.9. The highest BCUT2D eigenvalue weighted by atomic mass is 79.9. The van der Waals surface area contributed by atoms with Gasteiger partial charge >= 0.3 is 0 Å². The summed E-state index contributed by atoms with van der Waals surface area (Å²) in [4.78, 5) is 4.62. The zero-order chi connectivity index (χ0) is 13.7. The number of benzene rings is 1. The molecule has 0 aromatic heterocycles. The number of hydrogen-bond acceptors (Lipinski definition) is 2. The van der Waals surface area contributed by atoms with Gasteiger partial charge in [-0.15, -0.1) is 11.6 Å². The summed E-state index contributed by atoms with van der Waals surface area (Å²) in [5, 5.41) is 0. The van der Waals surface area contributed by atoms with Gasteiger partial charge in [-0.1, -0.05) is 6.07 Å². The van der Waals surface area contributed by atoms with Gasteiger partial charge in [0.25, 0.3) is 0 Å². The van der Waals surface area contributed by atoms with Gasteiger partial charge in [-0.3, -0.25) is 0 Å². The van der Waals surface area contributed by atoms with Crippen LogP contribution in [-0.2, 0) is 5.88 Å². The molecule has 1 aromatic rings. The van der Waals surface area contributed by atoms with Crippen molar-refractivity contribution in [2.75, 3.05) is 32.1 Å². The molecule has 0 saturated carbocycles. The number of alkyl halides is 1. The maximum absolute atomic E-state index is 5.85. The van der Waals surface area contributed by atoms with Gasteiger partial charge in [0, 0.05) is 29.5 Å². The fraction of sp³-hybridized carbons (Fsp3) is 0.571. The first-order valence-corrected chi connectivity index (χ1v) is 7.58. The van der Waals surface area contributed by atoms with E-state index in [0.29, 0.717) is 11.9 Å². The molecule has 0 aliphatic carbocycles. The van der Waals surface area contributed by atoms with Crippen LogP contribution < -0.4 is 4.90 Å². The average molecular weight is 334 g/mol. The van der Waals surface area contributed by atoms with Crippen molar-refractivity contribution >= 4 is 33.2 Å². The molecular formula is C14H22BrClN2. The molecule has 2 nitrogen and oxygen atoms in total. The molecular weight excluding hydrogens is 312 g/mol. The van der Waals surface area contributed by atoms with Crippen LogP contribution in [0.2, 0.25) is 0 Å². The molecule has 0 radical (unpaired) electrons. The Labute approximate surface area is 124 Å². The Balaban J connectivity index is 2.94. The van der Waals surface area contributed by atoms with Crippen LogP contribution in [0.15, 0.2) is 22.7 Å². The van der Waals surface area contributed by atoms with Gasteiger partial charge in [-0.05, 0) is 61.6 Å². The van der Waals surface area contributed by atoms with Crippen molar-refractivity contribution in [2.24, 2.45) is 0 Å². The fourth-order valence-electron chi connectivity index (χ4n) is 2.21. The first-order chi connectivity index (χ1) is 8.49. The first-order valence-electron chi connectivity index (χ1n) is 6.25. The Hall–Kier alpha value is -0.250. The van der Waals surface area contributed by atoms with E-state index in [1.807, 2.05) is 0 Å². The highest BCUT2D eigenvalue weighted by Gasteiger charge is 2.16. The number of rotatable bonds is 6. The van der Waals surface area contributed by atoms with E-state index in [2.05, 4.69) is 71.9 Å². The third kappa shape index (κ3) is 4.15. The summed E-state index contributed by atoms with van der Waals surface area (Å²) in [5.74, 6) is 0.554. The summed E-state index contributed by atoms with van der Waals surface area (Å²) in [7, 11) is 4.21. The Bertz CT molecular complexity index is 382. The second-order valence-electron chi connectivity index (χ2n) is 4.82. The lowest BCUT2D eigenvalue weighted by Gasteiger charge is -2.33. The minimum absolute atomic E-state index is 0.475. The molecule has 1 rings (SSSR count). The molecule has 0 aliphatic heterocycles. The van der Waals surface area contributed by atoms with Gasteiger partial charge in [0.15, 0.2) is 0 Å². The predicted molar refractivity (Wildman–Crippen MR) is 84.7 cm³/mol. The van der Waals surface area contributed by atoms with Crippen molar-refractivity contribution in [1.29, 1.82) is 0 Å². The van der Waals surface area contributed by atoms with Crippen molar-refractivity contribution in [1.82, 2.24) is 4.90 Å².